The van der Waals surface area contributed by atoms with Crippen LogP contribution < -0.4 is 5.32 Å². The molecule has 1 aliphatic carbocycles. The summed E-state index contributed by atoms with van der Waals surface area (Å²) in [6.45, 7) is 2.07. The van der Waals surface area contributed by atoms with E-state index in [1.165, 1.54) is 7.11 Å². The minimum Gasteiger partial charge on any atom is -0.468 e. The zero-order chi connectivity index (χ0) is 13.1. The average Bonchev–Trinajstić information content (AvgIpc) is 2.50. The van der Waals surface area contributed by atoms with Crippen LogP contribution in [0.3, 0.4) is 0 Å². The highest BCUT2D eigenvalue weighted by atomic mass is 16.5. The quantitative estimate of drug-likeness (QED) is 0.764. The molecule has 4 nitrogen and oxygen atoms in total. The van der Waals surface area contributed by atoms with Gasteiger partial charge in [-0.05, 0) is 6.42 Å². The molecule has 2 aliphatic rings. The van der Waals surface area contributed by atoms with Gasteiger partial charge in [-0.2, -0.15) is 0 Å². The summed E-state index contributed by atoms with van der Waals surface area (Å²) in [7, 11) is 1.36. The third kappa shape index (κ3) is 2.25. The molecule has 1 heterocycles. The van der Waals surface area contributed by atoms with Crippen molar-refractivity contribution >= 4 is 11.8 Å². The van der Waals surface area contributed by atoms with Crippen LogP contribution in [0.15, 0.2) is 24.3 Å². The molecule has 18 heavy (non-hydrogen) atoms. The van der Waals surface area contributed by atoms with Crippen molar-refractivity contribution in [2.75, 3.05) is 7.11 Å². The molecule has 1 aliphatic heterocycles. The Morgan fingerprint density at radius 2 is 2.00 bits per heavy atom. The molecule has 1 fully saturated rings. The lowest BCUT2D eigenvalue weighted by Gasteiger charge is -2.37. The molecule has 1 N–H and O–H groups in total. The second kappa shape index (κ2) is 5.48. The molecule has 0 aromatic heterocycles. The van der Waals surface area contributed by atoms with E-state index >= 15 is 0 Å². The number of hydrogen-bond donors (Lipinski definition) is 1. The molecular formula is C14H19NO3. The van der Waals surface area contributed by atoms with Gasteiger partial charge in [-0.3, -0.25) is 14.9 Å². The van der Waals surface area contributed by atoms with Crippen LogP contribution in [-0.2, 0) is 14.3 Å². The van der Waals surface area contributed by atoms with Crippen LogP contribution in [0, 0.1) is 11.8 Å². The van der Waals surface area contributed by atoms with Gasteiger partial charge in [0, 0.05) is 6.04 Å². The second-order valence-electron chi connectivity index (χ2n) is 4.79. The number of ether oxygens (including phenoxy) is 1. The number of allylic oxidation sites excluding steroid dienone is 2. The van der Waals surface area contributed by atoms with Gasteiger partial charge in [-0.1, -0.05) is 37.6 Å². The molecule has 2 rings (SSSR count). The number of ketones is 1. The molecule has 0 radical (unpaired) electrons. The maximum atomic E-state index is 12.4. The lowest BCUT2D eigenvalue weighted by molar-refractivity contribution is -0.149. The second-order valence-corrected chi connectivity index (χ2v) is 4.79. The Morgan fingerprint density at radius 1 is 1.33 bits per heavy atom. The molecule has 4 atom stereocenters. The Morgan fingerprint density at radius 3 is 2.61 bits per heavy atom. The van der Waals surface area contributed by atoms with E-state index < -0.39 is 12.0 Å². The molecule has 1 saturated heterocycles. The molecule has 0 saturated carbocycles. The molecule has 2 bridgehead atoms. The molecule has 0 aromatic rings. The highest BCUT2D eigenvalue weighted by Gasteiger charge is 2.44. The van der Waals surface area contributed by atoms with E-state index in [4.69, 9.17) is 4.74 Å². The van der Waals surface area contributed by atoms with E-state index in [0.29, 0.717) is 0 Å². The molecule has 0 amide bonds. The van der Waals surface area contributed by atoms with Crippen LogP contribution in [0.4, 0.5) is 0 Å². The van der Waals surface area contributed by atoms with Crippen molar-refractivity contribution < 1.29 is 14.3 Å². The number of hydrogen-bond acceptors (Lipinski definition) is 4. The number of carbonyl (C=O) groups is 2. The topological polar surface area (TPSA) is 55.4 Å². The normalized spacial score (nSPS) is 34.2. The van der Waals surface area contributed by atoms with Crippen LogP contribution in [0.1, 0.15) is 19.8 Å². The van der Waals surface area contributed by atoms with Gasteiger partial charge in [0.25, 0.3) is 0 Å². The third-order valence-electron chi connectivity index (χ3n) is 3.65. The minimum absolute atomic E-state index is 0.0269. The Hall–Kier alpha value is -1.42. The van der Waals surface area contributed by atoms with Crippen molar-refractivity contribution in [2.45, 2.75) is 31.8 Å². The zero-order valence-electron chi connectivity index (χ0n) is 10.8. The smallest absolute Gasteiger partial charge is 0.323 e. The fourth-order valence-electron chi connectivity index (χ4n) is 2.74. The summed E-state index contributed by atoms with van der Waals surface area (Å²) in [4.78, 5) is 24.2. The van der Waals surface area contributed by atoms with Crippen molar-refractivity contribution in [3.8, 4) is 0 Å². The van der Waals surface area contributed by atoms with Crippen molar-refractivity contribution in [3.05, 3.63) is 24.3 Å². The maximum absolute atomic E-state index is 12.4. The van der Waals surface area contributed by atoms with Crippen molar-refractivity contribution in [1.82, 2.24) is 5.32 Å². The highest BCUT2D eigenvalue weighted by molar-refractivity contribution is 5.94. The van der Waals surface area contributed by atoms with Crippen molar-refractivity contribution in [3.63, 3.8) is 0 Å². The van der Waals surface area contributed by atoms with E-state index in [-0.39, 0.29) is 23.7 Å². The van der Waals surface area contributed by atoms with Crippen LogP contribution >= 0.6 is 0 Å². The number of nitrogens with one attached hydrogen (secondary N) is 1. The largest absolute Gasteiger partial charge is 0.468 e. The van der Waals surface area contributed by atoms with Crippen molar-refractivity contribution in [1.29, 1.82) is 0 Å². The predicted molar refractivity (Wildman–Crippen MR) is 67.9 cm³/mol. The Bertz CT molecular complexity index is 400. The van der Waals surface area contributed by atoms with E-state index in [0.717, 1.165) is 12.8 Å². The lowest BCUT2D eigenvalue weighted by Crippen LogP contribution is -2.59. The van der Waals surface area contributed by atoms with Gasteiger partial charge in [0.15, 0.2) is 0 Å². The lowest BCUT2D eigenvalue weighted by atomic mass is 9.78. The van der Waals surface area contributed by atoms with Gasteiger partial charge in [0.1, 0.15) is 11.8 Å². The van der Waals surface area contributed by atoms with Crippen LogP contribution in [0.25, 0.3) is 0 Å². The molecule has 0 spiro atoms. The zero-order valence-corrected chi connectivity index (χ0v) is 10.8. The Labute approximate surface area is 107 Å². The van der Waals surface area contributed by atoms with E-state index in [2.05, 4.69) is 12.2 Å². The van der Waals surface area contributed by atoms with Gasteiger partial charge < -0.3 is 4.74 Å². The summed E-state index contributed by atoms with van der Waals surface area (Å²) in [5.74, 6) is -0.788. The number of fused-ring (bicyclic) bond motifs is 2. The highest BCUT2D eigenvalue weighted by Crippen LogP contribution is 2.29. The molecule has 98 valence electrons. The first kappa shape index (κ1) is 13.0. The average molecular weight is 249 g/mol. The third-order valence-corrected chi connectivity index (χ3v) is 3.65. The number of rotatable bonds is 3. The van der Waals surface area contributed by atoms with E-state index in [9.17, 15) is 9.59 Å². The Balaban J connectivity index is 2.29. The van der Waals surface area contributed by atoms with Gasteiger partial charge in [0.2, 0.25) is 0 Å². The van der Waals surface area contributed by atoms with Gasteiger partial charge in [0.05, 0.1) is 18.9 Å². The predicted octanol–water partition coefficient (Wildman–Crippen LogP) is 1.23. The molecule has 0 aromatic carbocycles. The fraction of sp³-hybridized carbons (Fsp3) is 0.571. The number of methoxy groups -OCH3 is 1. The van der Waals surface area contributed by atoms with E-state index in [1.54, 1.807) is 6.08 Å². The van der Waals surface area contributed by atoms with Crippen LogP contribution in [0.2, 0.25) is 0 Å². The standard InChI is InChI=1S/C14H19NO3/c1-3-6-11-9-7-4-5-8-10(13(9)16)12(15-11)14(17)18-2/h4-5,7-12,15H,3,6H2,1-2H3/t9?,10?,11-,12+/m0/s1. The first-order valence-electron chi connectivity index (χ1n) is 6.41. The summed E-state index contributed by atoms with van der Waals surface area (Å²) in [5, 5.41) is 3.28. The number of piperidine rings is 1. The van der Waals surface area contributed by atoms with Gasteiger partial charge in [-0.25, -0.2) is 0 Å². The summed E-state index contributed by atoms with van der Waals surface area (Å²) >= 11 is 0. The first-order valence-corrected chi connectivity index (χ1v) is 6.41. The summed E-state index contributed by atoms with van der Waals surface area (Å²) in [6.07, 6.45) is 9.30. The monoisotopic (exact) mass is 249 g/mol. The van der Waals surface area contributed by atoms with Crippen molar-refractivity contribution in [2.24, 2.45) is 11.8 Å². The van der Waals surface area contributed by atoms with Gasteiger partial charge in [-0.15, -0.1) is 0 Å². The number of esters is 1. The maximum Gasteiger partial charge on any atom is 0.323 e. The molecule has 2 unspecified atom stereocenters. The summed E-state index contributed by atoms with van der Waals surface area (Å²) < 4.78 is 4.79. The SMILES string of the molecule is CCC[C@@H]1N[C@@H](C(=O)OC)C2C=CC=CC1C2=O. The van der Waals surface area contributed by atoms with Crippen LogP contribution in [-0.4, -0.2) is 30.9 Å². The number of Topliss-reactive ketones (excluding diaryl/α,β-unsaturated/α-hetero) is 1. The minimum atomic E-state index is -0.550. The van der Waals surface area contributed by atoms with E-state index in [1.807, 2.05) is 18.2 Å². The first-order chi connectivity index (χ1) is 8.69. The summed E-state index contributed by atoms with van der Waals surface area (Å²) in [6, 6.07) is -0.523. The van der Waals surface area contributed by atoms with Gasteiger partial charge >= 0.3 is 5.97 Å². The Kier molecular flexibility index (Phi) is 3.97. The molecular weight excluding hydrogens is 230 g/mol. The molecule has 4 heteroatoms. The number of carbonyl (C=O) groups excluding carboxylic acids is 2. The summed E-state index contributed by atoms with van der Waals surface area (Å²) in [5.41, 5.74) is 0. The van der Waals surface area contributed by atoms with Crippen LogP contribution in [0.5, 0.6) is 0 Å². The fourth-order valence-corrected chi connectivity index (χ4v) is 2.74.